The van der Waals surface area contributed by atoms with Gasteiger partial charge in [-0.25, -0.2) is 9.18 Å². The summed E-state index contributed by atoms with van der Waals surface area (Å²) in [5.41, 5.74) is 1.74. The molecule has 0 aliphatic heterocycles. The number of hydrogen-bond donors (Lipinski definition) is 1. The molecule has 0 radical (unpaired) electrons. The van der Waals surface area contributed by atoms with Crippen LogP contribution in [0.3, 0.4) is 0 Å². The minimum Gasteiger partial charge on any atom is -0.477 e. The Morgan fingerprint density at radius 2 is 1.97 bits per heavy atom. The number of carboxylic acid groups (broad SMARTS) is 1. The molecule has 0 amide bonds. The van der Waals surface area contributed by atoms with Crippen molar-refractivity contribution in [2.45, 2.75) is 13.0 Å². The van der Waals surface area contributed by atoms with E-state index in [2.05, 4.69) is 0 Å². The van der Waals surface area contributed by atoms with Crippen molar-refractivity contribution in [3.05, 3.63) is 87.3 Å². The van der Waals surface area contributed by atoms with Gasteiger partial charge in [-0.1, -0.05) is 47.5 Å². The molecule has 1 N–H and O–H groups in total. The second-order valence-corrected chi connectivity index (χ2v) is 7.49. The molecule has 146 valence electrons. The van der Waals surface area contributed by atoms with Crippen molar-refractivity contribution >= 4 is 51.4 Å². The maximum Gasteiger partial charge on any atom is 0.353 e. The highest BCUT2D eigenvalue weighted by molar-refractivity contribution is 6.33. The lowest BCUT2D eigenvalue weighted by atomic mass is 9.93. The SMILES string of the molecule is O=C1CC=CC=C1c1c(C(=O)O)n(Cc2ccc(F)cc2Cl)c2ccc(Cl)cc12. The first-order chi connectivity index (χ1) is 13.9. The van der Waals surface area contributed by atoms with Crippen LogP contribution in [0.1, 0.15) is 28.0 Å². The molecule has 1 heterocycles. The van der Waals surface area contributed by atoms with Crippen LogP contribution in [0.4, 0.5) is 4.39 Å². The third-order valence-electron chi connectivity index (χ3n) is 4.84. The first-order valence-electron chi connectivity index (χ1n) is 8.76. The summed E-state index contributed by atoms with van der Waals surface area (Å²) in [5.74, 6) is -1.84. The van der Waals surface area contributed by atoms with Crippen molar-refractivity contribution < 1.29 is 19.1 Å². The number of hydrogen-bond acceptors (Lipinski definition) is 2. The Morgan fingerprint density at radius 3 is 2.66 bits per heavy atom. The van der Waals surface area contributed by atoms with E-state index in [1.165, 1.54) is 18.2 Å². The van der Waals surface area contributed by atoms with E-state index in [0.29, 0.717) is 32.6 Å². The molecule has 4 nitrogen and oxygen atoms in total. The third-order valence-corrected chi connectivity index (χ3v) is 5.43. The normalized spacial score (nSPS) is 13.8. The van der Waals surface area contributed by atoms with Crippen LogP contribution in [0.5, 0.6) is 0 Å². The topological polar surface area (TPSA) is 59.3 Å². The number of aromatic nitrogens is 1. The van der Waals surface area contributed by atoms with E-state index in [0.717, 1.165) is 0 Å². The predicted molar refractivity (Wildman–Crippen MR) is 111 cm³/mol. The monoisotopic (exact) mass is 429 g/mol. The number of fused-ring (bicyclic) bond motifs is 1. The number of ketones is 1. The van der Waals surface area contributed by atoms with Gasteiger partial charge in [0.1, 0.15) is 11.5 Å². The summed E-state index contributed by atoms with van der Waals surface area (Å²) in [6.07, 6.45) is 5.26. The van der Waals surface area contributed by atoms with Gasteiger partial charge in [-0.2, -0.15) is 0 Å². The quantitative estimate of drug-likeness (QED) is 0.574. The van der Waals surface area contributed by atoms with Crippen molar-refractivity contribution in [2.75, 3.05) is 0 Å². The minimum atomic E-state index is -1.19. The molecule has 1 aliphatic rings. The summed E-state index contributed by atoms with van der Waals surface area (Å²) in [7, 11) is 0. The van der Waals surface area contributed by atoms with Crippen molar-refractivity contribution in [1.82, 2.24) is 4.57 Å². The van der Waals surface area contributed by atoms with E-state index in [1.807, 2.05) is 0 Å². The average Bonchev–Trinajstić information content (AvgIpc) is 2.98. The maximum absolute atomic E-state index is 13.4. The van der Waals surface area contributed by atoms with Gasteiger partial charge in [-0.3, -0.25) is 4.79 Å². The predicted octanol–water partition coefficient (Wildman–Crippen LogP) is 5.75. The lowest BCUT2D eigenvalue weighted by Crippen LogP contribution is -2.13. The summed E-state index contributed by atoms with van der Waals surface area (Å²) < 4.78 is 15.0. The van der Waals surface area contributed by atoms with Crippen LogP contribution in [0.25, 0.3) is 16.5 Å². The fraction of sp³-hybridized carbons (Fsp3) is 0.0909. The number of rotatable bonds is 4. The third kappa shape index (κ3) is 3.48. The van der Waals surface area contributed by atoms with Gasteiger partial charge in [-0.05, 0) is 35.9 Å². The highest BCUT2D eigenvalue weighted by Gasteiger charge is 2.28. The van der Waals surface area contributed by atoms with Gasteiger partial charge in [0.2, 0.25) is 0 Å². The summed E-state index contributed by atoms with van der Waals surface area (Å²) in [6.45, 7) is 0.0934. The van der Waals surface area contributed by atoms with Gasteiger partial charge in [0.25, 0.3) is 0 Å². The molecule has 4 rings (SSSR count). The fourth-order valence-corrected chi connectivity index (χ4v) is 3.97. The lowest BCUT2D eigenvalue weighted by molar-refractivity contribution is -0.113. The summed E-state index contributed by atoms with van der Waals surface area (Å²) in [4.78, 5) is 24.8. The highest BCUT2D eigenvalue weighted by atomic mass is 35.5. The van der Waals surface area contributed by atoms with Crippen molar-refractivity contribution in [3.63, 3.8) is 0 Å². The van der Waals surface area contributed by atoms with Crippen LogP contribution in [0.2, 0.25) is 10.0 Å². The van der Waals surface area contributed by atoms with E-state index >= 15 is 0 Å². The minimum absolute atomic E-state index is 0.0439. The Hall–Kier alpha value is -2.89. The first kappa shape index (κ1) is 19.4. The summed E-state index contributed by atoms with van der Waals surface area (Å²) >= 11 is 12.3. The Balaban J connectivity index is 2.03. The van der Waals surface area contributed by atoms with Crippen molar-refractivity contribution in [2.24, 2.45) is 0 Å². The first-order valence-corrected chi connectivity index (χ1v) is 9.51. The smallest absolute Gasteiger partial charge is 0.353 e. The van der Waals surface area contributed by atoms with Crippen LogP contribution < -0.4 is 0 Å². The van der Waals surface area contributed by atoms with Gasteiger partial charge in [0.05, 0.1) is 0 Å². The van der Waals surface area contributed by atoms with Crippen LogP contribution >= 0.6 is 23.2 Å². The number of halogens is 3. The number of carbonyl (C=O) groups is 2. The molecule has 0 atom stereocenters. The zero-order valence-corrected chi connectivity index (χ0v) is 16.5. The molecule has 1 aromatic heterocycles. The Kier molecular flexibility index (Phi) is 5.03. The van der Waals surface area contributed by atoms with Gasteiger partial charge in [-0.15, -0.1) is 0 Å². The van der Waals surface area contributed by atoms with E-state index in [4.69, 9.17) is 23.2 Å². The molecular weight excluding hydrogens is 416 g/mol. The molecule has 3 aromatic rings. The average molecular weight is 430 g/mol. The van der Waals surface area contributed by atoms with Crippen LogP contribution in [0.15, 0.2) is 54.6 Å². The molecule has 0 spiro atoms. The molecule has 0 bridgehead atoms. The number of benzene rings is 2. The van der Waals surface area contributed by atoms with Crippen molar-refractivity contribution in [1.29, 1.82) is 0 Å². The van der Waals surface area contributed by atoms with Crippen LogP contribution in [0, 0.1) is 5.82 Å². The molecule has 7 heteroatoms. The highest BCUT2D eigenvalue weighted by Crippen LogP contribution is 2.36. The van der Waals surface area contributed by atoms with Gasteiger partial charge in [0.15, 0.2) is 5.78 Å². The Bertz CT molecular complexity index is 1240. The number of carboxylic acids is 1. The number of allylic oxidation sites excluding steroid dienone is 4. The van der Waals surface area contributed by atoms with E-state index in [1.54, 1.807) is 41.0 Å². The van der Waals surface area contributed by atoms with E-state index in [-0.39, 0.29) is 29.5 Å². The maximum atomic E-state index is 13.4. The second kappa shape index (κ2) is 7.50. The Morgan fingerprint density at radius 1 is 1.17 bits per heavy atom. The zero-order valence-electron chi connectivity index (χ0n) is 15.0. The largest absolute Gasteiger partial charge is 0.477 e. The standard InChI is InChI=1S/C22H14Cl2FNO3/c23-13-6-8-18-16(9-13)20(15-3-1-2-4-19(15)27)21(22(28)29)26(18)11-12-5-7-14(25)10-17(12)24/h1-3,5-10H,4,11H2,(H,28,29). The zero-order chi connectivity index (χ0) is 20.7. The number of aromatic carboxylic acids is 1. The van der Waals surface area contributed by atoms with E-state index in [9.17, 15) is 19.1 Å². The molecule has 2 aromatic carbocycles. The number of nitrogens with zero attached hydrogens (tertiary/aromatic N) is 1. The number of carbonyl (C=O) groups excluding carboxylic acids is 1. The van der Waals surface area contributed by atoms with Crippen LogP contribution in [-0.2, 0) is 11.3 Å². The second-order valence-electron chi connectivity index (χ2n) is 6.65. The molecule has 0 saturated heterocycles. The molecule has 0 unspecified atom stereocenters. The van der Waals surface area contributed by atoms with E-state index < -0.39 is 11.8 Å². The molecule has 1 aliphatic carbocycles. The summed E-state index contributed by atoms with van der Waals surface area (Å²) in [6, 6.07) is 8.96. The Labute approximate surface area is 175 Å². The molecule has 0 saturated carbocycles. The van der Waals surface area contributed by atoms with Gasteiger partial charge < -0.3 is 9.67 Å². The summed E-state index contributed by atoms with van der Waals surface area (Å²) in [5, 5.41) is 11.2. The van der Waals surface area contributed by atoms with Gasteiger partial charge >= 0.3 is 5.97 Å². The fourth-order valence-electron chi connectivity index (χ4n) is 3.57. The lowest BCUT2D eigenvalue weighted by Gasteiger charge is -2.12. The van der Waals surface area contributed by atoms with Crippen LogP contribution in [-0.4, -0.2) is 21.4 Å². The van der Waals surface area contributed by atoms with Crippen molar-refractivity contribution in [3.8, 4) is 0 Å². The van der Waals surface area contributed by atoms with Gasteiger partial charge in [0, 0.05) is 45.1 Å². The molecular formula is C22H14Cl2FNO3. The molecule has 0 fully saturated rings. The number of Topliss-reactive ketones (excluding diaryl/α,β-unsaturated/α-hetero) is 1. The molecule has 29 heavy (non-hydrogen) atoms.